The molecule has 31 heavy (non-hydrogen) atoms. The van der Waals surface area contributed by atoms with Gasteiger partial charge in [-0.3, -0.25) is 5.10 Å². The van der Waals surface area contributed by atoms with Crippen molar-refractivity contribution in [2.75, 3.05) is 14.2 Å². The van der Waals surface area contributed by atoms with Crippen LogP contribution >= 0.6 is 0 Å². The van der Waals surface area contributed by atoms with Crippen molar-refractivity contribution in [2.45, 2.75) is 6.42 Å². The van der Waals surface area contributed by atoms with Gasteiger partial charge in [0.1, 0.15) is 5.82 Å². The highest BCUT2D eigenvalue weighted by molar-refractivity contribution is 6.12. The summed E-state index contributed by atoms with van der Waals surface area (Å²) in [6, 6.07) is 20.4. The third-order valence-corrected chi connectivity index (χ3v) is 5.43. The Labute approximate surface area is 178 Å². The molecular formula is C25H20FN3O2. The Kier molecular flexibility index (Phi) is 4.75. The molecule has 0 atom stereocenters. The Hall–Kier alpha value is -3.93. The lowest BCUT2D eigenvalue weighted by molar-refractivity contribution is 0.356. The first-order valence-electron chi connectivity index (χ1n) is 9.90. The minimum atomic E-state index is -0.293. The molecule has 154 valence electrons. The van der Waals surface area contributed by atoms with E-state index in [1.165, 1.54) is 17.7 Å². The third-order valence-electron chi connectivity index (χ3n) is 5.43. The Morgan fingerprint density at radius 1 is 0.871 bits per heavy atom. The van der Waals surface area contributed by atoms with Crippen LogP contribution in [0.5, 0.6) is 11.5 Å². The highest BCUT2D eigenvalue weighted by Crippen LogP contribution is 2.40. The summed E-state index contributed by atoms with van der Waals surface area (Å²) in [7, 11) is 3.22. The van der Waals surface area contributed by atoms with Gasteiger partial charge in [0.15, 0.2) is 17.1 Å². The number of H-pyrrole nitrogens is 1. The molecule has 0 unspecified atom stereocenters. The zero-order valence-electron chi connectivity index (χ0n) is 17.1. The molecule has 0 amide bonds. The fraction of sp³-hybridized carbons (Fsp3) is 0.120. The number of hydrogen-bond acceptors (Lipinski definition) is 4. The van der Waals surface area contributed by atoms with Gasteiger partial charge >= 0.3 is 0 Å². The quantitative estimate of drug-likeness (QED) is 0.412. The van der Waals surface area contributed by atoms with Gasteiger partial charge in [0.25, 0.3) is 0 Å². The molecule has 0 spiro atoms. The first-order valence-corrected chi connectivity index (χ1v) is 9.90. The molecule has 0 aliphatic rings. The number of nitrogens with one attached hydrogen (secondary N) is 1. The van der Waals surface area contributed by atoms with Gasteiger partial charge in [-0.1, -0.05) is 30.3 Å². The normalized spacial score (nSPS) is 11.2. The molecule has 5 aromatic rings. The monoisotopic (exact) mass is 413 g/mol. The molecule has 0 radical (unpaired) electrons. The molecule has 0 saturated heterocycles. The second-order valence-electron chi connectivity index (χ2n) is 7.28. The number of hydrogen-bond donors (Lipinski definition) is 1. The summed E-state index contributed by atoms with van der Waals surface area (Å²) in [5.41, 5.74) is 4.25. The predicted molar refractivity (Wildman–Crippen MR) is 119 cm³/mol. The van der Waals surface area contributed by atoms with E-state index in [2.05, 4.69) is 22.3 Å². The first-order chi connectivity index (χ1) is 15.2. The number of halogens is 1. The van der Waals surface area contributed by atoms with Gasteiger partial charge in [-0.2, -0.15) is 5.10 Å². The maximum Gasteiger partial charge on any atom is 0.182 e. The Morgan fingerprint density at radius 2 is 1.55 bits per heavy atom. The number of pyridine rings is 1. The minimum absolute atomic E-state index is 0.293. The molecule has 3 aromatic carbocycles. The van der Waals surface area contributed by atoms with E-state index in [0.717, 1.165) is 27.4 Å². The van der Waals surface area contributed by atoms with Gasteiger partial charge in [0.05, 0.1) is 25.3 Å². The number of nitrogens with zero attached hydrogens (tertiary/aromatic N) is 2. The van der Waals surface area contributed by atoms with Crippen LogP contribution in [0.2, 0.25) is 0 Å². The second kappa shape index (κ2) is 7.72. The fourth-order valence-corrected chi connectivity index (χ4v) is 3.93. The lowest BCUT2D eigenvalue weighted by Crippen LogP contribution is -1.95. The van der Waals surface area contributed by atoms with E-state index in [1.54, 1.807) is 26.4 Å². The van der Waals surface area contributed by atoms with Crippen molar-refractivity contribution < 1.29 is 13.9 Å². The average molecular weight is 413 g/mol. The van der Waals surface area contributed by atoms with Crippen LogP contribution in [0.25, 0.3) is 33.1 Å². The molecule has 5 rings (SSSR count). The summed E-state index contributed by atoms with van der Waals surface area (Å²) in [6.45, 7) is 0. The zero-order valence-corrected chi connectivity index (χ0v) is 17.1. The van der Waals surface area contributed by atoms with E-state index in [0.29, 0.717) is 29.3 Å². The Morgan fingerprint density at radius 3 is 2.23 bits per heavy atom. The predicted octanol–water partition coefficient (Wildman–Crippen LogP) is 5.53. The van der Waals surface area contributed by atoms with Gasteiger partial charge in [0.2, 0.25) is 0 Å². The van der Waals surface area contributed by atoms with Crippen molar-refractivity contribution in [3.8, 4) is 22.8 Å². The number of fused-ring (bicyclic) bond motifs is 3. The summed E-state index contributed by atoms with van der Waals surface area (Å²) in [5, 5.41) is 10.4. The average Bonchev–Trinajstić information content (AvgIpc) is 3.21. The molecule has 0 bridgehead atoms. The molecule has 1 N–H and O–H groups in total. The summed E-state index contributed by atoms with van der Waals surface area (Å²) >= 11 is 0. The van der Waals surface area contributed by atoms with Gasteiger partial charge in [-0.25, -0.2) is 9.37 Å². The van der Waals surface area contributed by atoms with E-state index in [-0.39, 0.29) is 5.82 Å². The number of methoxy groups -OCH3 is 2. The Balaban J connectivity index is 1.81. The maximum absolute atomic E-state index is 13.5. The molecule has 2 heterocycles. The lowest BCUT2D eigenvalue weighted by atomic mass is 9.98. The highest BCUT2D eigenvalue weighted by Gasteiger charge is 2.19. The van der Waals surface area contributed by atoms with Crippen LogP contribution in [0.3, 0.4) is 0 Å². The first kappa shape index (κ1) is 19.1. The van der Waals surface area contributed by atoms with E-state index in [9.17, 15) is 4.39 Å². The highest BCUT2D eigenvalue weighted by atomic mass is 19.1. The summed E-state index contributed by atoms with van der Waals surface area (Å²) < 4.78 is 24.6. The van der Waals surface area contributed by atoms with Gasteiger partial charge in [-0.05, 0) is 42.0 Å². The van der Waals surface area contributed by atoms with Crippen LogP contribution in [-0.2, 0) is 6.42 Å². The molecule has 0 saturated carbocycles. The van der Waals surface area contributed by atoms with Crippen molar-refractivity contribution in [2.24, 2.45) is 0 Å². The van der Waals surface area contributed by atoms with Crippen LogP contribution in [-0.4, -0.2) is 29.4 Å². The van der Waals surface area contributed by atoms with Crippen LogP contribution < -0.4 is 9.47 Å². The van der Waals surface area contributed by atoms with Gasteiger partial charge in [-0.15, -0.1) is 0 Å². The van der Waals surface area contributed by atoms with E-state index >= 15 is 0 Å². The molecular weight excluding hydrogens is 393 g/mol. The van der Waals surface area contributed by atoms with Crippen LogP contribution in [0.4, 0.5) is 4.39 Å². The molecule has 0 aliphatic carbocycles. The third kappa shape index (κ3) is 3.36. The van der Waals surface area contributed by atoms with Gasteiger partial charge in [0, 0.05) is 28.5 Å². The van der Waals surface area contributed by atoms with E-state index in [1.807, 2.05) is 30.3 Å². The molecule has 5 nitrogen and oxygen atoms in total. The number of aromatic amines is 1. The fourth-order valence-electron chi connectivity index (χ4n) is 3.93. The maximum atomic E-state index is 13.5. The van der Waals surface area contributed by atoms with Crippen molar-refractivity contribution in [3.63, 3.8) is 0 Å². The number of benzene rings is 3. The van der Waals surface area contributed by atoms with Crippen LogP contribution in [0.15, 0.2) is 66.7 Å². The van der Waals surface area contributed by atoms with Gasteiger partial charge < -0.3 is 9.47 Å². The largest absolute Gasteiger partial charge is 0.493 e. The summed E-state index contributed by atoms with van der Waals surface area (Å²) in [4.78, 5) is 4.84. The smallest absolute Gasteiger partial charge is 0.182 e. The number of rotatable bonds is 5. The SMILES string of the molecule is COc1cc2c(-c3ccc(F)cc3)nc3n[nH]c(Cc4ccccc4)c3c2cc1OC. The van der Waals surface area contributed by atoms with E-state index < -0.39 is 0 Å². The Bertz CT molecular complexity index is 1380. The van der Waals surface area contributed by atoms with Crippen molar-refractivity contribution in [1.82, 2.24) is 15.2 Å². The van der Waals surface area contributed by atoms with Crippen LogP contribution in [0, 0.1) is 5.82 Å². The molecule has 0 aliphatic heterocycles. The lowest BCUT2D eigenvalue weighted by Gasteiger charge is -2.13. The minimum Gasteiger partial charge on any atom is -0.493 e. The number of ether oxygens (including phenoxy) is 2. The number of aromatic nitrogens is 3. The molecule has 2 aromatic heterocycles. The zero-order chi connectivity index (χ0) is 21.4. The standard InChI is InChI=1S/C25H20FN3O2/c1-30-21-13-18-19(14-22(21)31-2)24(16-8-10-17(26)11-9-16)27-25-23(18)20(28-29-25)12-15-6-4-3-5-7-15/h3-11,13-14H,12H2,1-2H3,(H,27,28,29). The van der Waals surface area contributed by atoms with Crippen LogP contribution in [0.1, 0.15) is 11.3 Å². The molecule has 0 fully saturated rings. The second-order valence-corrected chi connectivity index (χ2v) is 7.28. The summed E-state index contributed by atoms with van der Waals surface area (Å²) in [5.74, 6) is 0.935. The topological polar surface area (TPSA) is 60.0 Å². The van der Waals surface area contributed by atoms with Crippen molar-refractivity contribution in [3.05, 3.63) is 83.8 Å². The summed E-state index contributed by atoms with van der Waals surface area (Å²) in [6.07, 6.45) is 0.693. The van der Waals surface area contributed by atoms with E-state index in [4.69, 9.17) is 14.5 Å². The molecule has 6 heteroatoms. The van der Waals surface area contributed by atoms with Crippen molar-refractivity contribution >= 4 is 21.8 Å². The van der Waals surface area contributed by atoms with Crippen molar-refractivity contribution in [1.29, 1.82) is 0 Å².